The number of aliphatic hydroxyl groups is 3. The SMILES string of the molecule is CCCCCCCC/C=C\CCCCCCCCCC(=O)NC(CO)C(O)C(O)CCCCCCCCCCCCCCCCCCCCCCCCCC. The fraction of sp³-hybridized carbons (Fsp3) is 0.940. The van der Waals surface area contributed by atoms with Crippen molar-refractivity contribution in [3.63, 3.8) is 0 Å². The van der Waals surface area contributed by atoms with Gasteiger partial charge in [-0.3, -0.25) is 4.79 Å². The Morgan fingerprint density at radius 1 is 0.436 bits per heavy atom. The van der Waals surface area contributed by atoms with Gasteiger partial charge in [0.05, 0.1) is 18.8 Å². The second-order valence-electron chi connectivity index (χ2n) is 17.4. The highest BCUT2D eigenvalue weighted by Gasteiger charge is 2.26. The van der Waals surface area contributed by atoms with Gasteiger partial charge in [-0.05, 0) is 38.5 Å². The lowest BCUT2D eigenvalue weighted by atomic mass is 9.99. The second kappa shape index (κ2) is 45.8. The number of unbranched alkanes of at least 4 members (excludes halogenated alkanes) is 36. The van der Waals surface area contributed by atoms with Gasteiger partial charge in [0.15, 0.2) is 0 Å². The highest BCUT2D eigenvalue weighted by molar-refractivity contribution is 5.76. The van der Waals surface area contributed by atoms with Gasteiger partial charge in [0, 0.05) is 6.42 Å². The molecule has 3 atom stereocenters. The van der Waals surface area contributed by atoms with Gasteiger partial charge >= 0.3 is 0 Å². The van der Waals surface area contributed by atoms with Gasteiger partial charge in [-0.15, -0.1) is 0 Å². The number of hydrogen-bond donors (Lipinski definition) is 4. The minimum Gasteiger partial charge on any atom is -0.394 e. The van der Waals surface area contributed by atoms with Crippen LogP contribution in [0.1, 0.15) is 277 Å². The molecule has 0 aliphatic carbocycles. The van der Waals surface area contributed by atoms with Crippen molar-refractivity contribution in [2.24, 2.45) is 0 Å². The standard InChI is InChI=1S/C50H99NO4/c1-3-5-7-9-11-13-15-17-19-21-22-23-24-25-26-27-29-30-32-34-36-38-40-42-44-48(53)50(55)47(46-52)51-49(54)45-43-41-39-37-35-33-31-28-20-18-16-14-12-10-8-6-4-2/h18,20,47-48,50,52-53,55H,3-17,19,21-46H2,1-2H3,(H,51,54)/b20-18-. The quantitative estimate of drug-likeness (QED) is 0.0366. The molecule has 0 saturated heterocycles. The first kappa shape index (κ1) is 54.1. The van der Waals surface area contributed by atoms with E-state index in [9.17, 15) is 20.1 Å². The Balaban J connectivity index is 3.55. The van der Waals surface area contributed by atoms with Crippen LogP contribution >= 0.6 is 0 Å². The molecule has 5 nitrogen and oxygen atoms in total. The average Bonchev–Trinajstić information content (AvgIpc) is 3.19. The van der Waals surface area contributed by atoms with Crippen LogP contribution in [0.4, 0.5) is 0 Å². The lowest BCUT2D eigenvalue weighted by Gasteiger charge is -2.26. The fourth-order valence-corrected chi connectivity index (χ4v) is 7.98. The van der Waals surface area contributed by atoms with E-state index in [4.69, 9.17) is 0 Å². The summed E-state index contributed by atoms with van der Waals surface area (Å²) < 4.78 is 0. The number of nitrogens with one attached hydrogen (secondary N) is 1. The van der Waals surface area contributed by atoms with E-state index in [0.717, 1.165) is 32.1 Å². The van der Waals surface area contributed by atoms with E-state index in [0.29, 0.717) is 12.8 Å². The third-order valence-electron chi connectivity index (χ3n) is 11.9. The molecule has 0 aliphatic heterocycles. The van der Waals surface area contributed by atoms with Crippen molar-refractivity contribution in [1.29, 1.82) is 0 Å². The van der Waals surface area contributed by atoms with Crippen molar-refractivity contribution in [3.8, 4) is 0 Å². The summed E-state index contributed by atoms with van der Waals surface area (Å²) in [5.74, 6) is -0.146. The predicted molar refractivity (Wildman–Crippen MR) is 241 cm³/mol. The molecule has 3 unspecified atom stereocenters. The van der Waals surface area contributed by atoms with Crippen LogP contribution in [0.2, 0.25) is 0 Å². The molecule has 0 aliphatic rings. The second-order valence-corrected chi connectivity index (χ2v) is 17.4. The highest BCUT2D eigenvalue weighted by atomic mass is 16.3. The molecule has 5 heteroatoms. The molecule has 0 aromatic heterocycles. The fourth-order valence-electron chi connectivity index (χ4n) is 7.98. The van der Waals surface area contributed by atoms with E-state index in [-0.39, 0.29) is 12.5 Å². The maximum atomic E-state index is 12.5. The zero-order valence-electron chi connectivity index (χ0n) is 37.3. The van der Waals surface area contributed by atoms with Crippen LogP contribution in [0.15, 0.2) is 12.2 Å². The summed E-state index contributed by atoms with van der Waals surface area (Å²) in [7, 11) is 0. The van der Waals surface area contributed by atoms with Gasteiger partial charge in [0.25, 0.3) is 0 Å². The summed E-state index contributed by atoms with van der Waals surface area (Å²) in [6.45, 7) is 4.20. The average molecular weight is 778 g/mol. The molecule has 0 fully saturated rings. The molecule has 1 amide bonds. The van der Waals surface area contributed by atoms with Gasteiger partial charge in [-0.25, -0.2) is 0 Å². The summed E-state index contributed by atoms with van der Waals surface area (Å²) in [4.78, 5) is 12.5. The Hall–Kier alpha value is -0.910. The van der Waals surface area contributed by atoms with Crippen LogP contribution in [0, 0.1) is 0 Å². The van der Waals surface area contributed by atoms with Crippen molar-refractivity contribution in [3.05, 3.63) is 12.2 Å². The topological polar surface area (TPSA) is 89.8 Å². The molecule has 0 radical (unpaired) electrons. The highest BCUT2D eigenvalue weighted by Crippen LogP contribution is 2.17. The van der Waals surface area contributed by atoms with E-state index in [1.54, 1.807) is 0 Å². The smallest absolute Gasteiger partial charge is 0.220 e. The molecule has 328 valence electrons. The van der Waals surface area contributed by atoms with E-state index in [2.05, 4.69) is 31.3 Å². The van der Waals surface area contributed by atoms with Crippen molar-refractivity contribution < 1.29 is 20.1 Å². The first-order valence-electron chi connectivity index (χ1n) is 25.0. The van der Waals surface area contributed by atoms with E-state index < -0.39 is 18.2 Å². The van der Waals surface area contributed by atoms with Gasteiger partial charge in [-0.1, -0.05) is 244 Å². The summed E-state index contributed by atoms with van der Waals surface area (Å²) in [5.41, 5.74) is 0. The Morgan fingerprint density at radius 3 is 1.05 bits per heavy atom. The summed E-state index contributed by atoms with van der Waals surface area (Å²) in [6.07, 6.45) is 54.8. The molecule has 0 aromatic carbocycles. The number of carbonyl (C=O) groups is 1. The summed E-state index contributed by atoms with van der Waals surface area (Å²) >= 11 is 0. The monoisotopic (exact) mass is 778 g/mol. The van der Waals surface area contributed by atoms with Crippen molar-refractivity contribution in [2.45, 2.75) is 295 Å². The molecule has 0 aromatic rings. The Labute approximate surface area is 344 Å². The lowest BCUT2D eigenvalue weighted by Crippen LogP contribution is -2.50. The first-order chi connectivity index (χ1) is 27.1. The van der Waals surface area contributed by atoms with Crippen LogP contribution in [-0.2, 0) is 4.79 Å². The zero-order chi connectivity index (χ0) is 40.1. The van der Waals surface area contributed by atoms with Crippen LogP contribution < -0.4 is 5.32 Å². The van der Waals surface area contributed by atoms with Crippen LogP contribution in [-0.4, -0.2) is 46.1 Å². The summed E-state index contributed by atoms with van der Waals surface area (Å²) in [6, 6.07) is -0.809. The Morgan fingerprint density at radius 2 is 0.727 bits per heavy atom. The predicted octanol–water partition coefficient (Wildman–Crippen LogP) is 14.8. The zero-order valence-corrected chi connectivity index (χ0v) is 37.3. The van der Waals surface area contributed by atoms with Gasteiger partial charge < -0.3 is 20.6 Å². The third-order valence-corrected chi connectivity index (χ3v) is 11.9. The number of allylic oxidation sites excluding steroid dienone is 2. The molecule has 0 heterocycles. The minimum absolute atomic E-state index is 0.146. The van der Waals surface area contributed by atoms with Gasteiger partial charge in [-0.2, -0.15) is 0 Å². The summed E-state index contributed by atoms with van der Waals surface area (Å²) in [5, 5.41) is 33.7. The molecule has 0 saturated carbocycles. The molecule has 0 bridgehead atoms. The maximum absolute atomic E-state index is 12.5. The third kappa shape index (κ3) is 41.1. The largest absolute Gasteiger partial charge is 0.394 e. The van der Waals surface area contributed by atoms with Crippen molar-refractivity contribution >= 4 is 5.91 Å². The van der Waals surface area contributed by atoms with Crippen molar-refractivity contribution in [2.75, 3.05) is 6.61 Å². The van der Waals surface area contributed by atoms with E-state index in [1.165, 1.54) is 218 Å². The molecule has 0 rings (SSSR count). The minimum atomic E-state index is -1.14. The van der Waals surface area contributed by atoms with Crippen molar-refractivity contribution in [1.82, 2.24) is 5.32 Å². The number of aliphatic hydroxyl groups excluding tert-OH is 3. The Bertz CT molecular complexity index is 773. The number of hydrogen-bond acceptors (Lipinski definition) is 4. The first-order valence-corrected chi connectivity index (χ1v) is 25.0. The molecule has 4 N–H and O–H groups in total. The molecular formula is C50H99NO4. The van der Waals surface area contributed by atoms with Gasteiger partial charge in [0.1, 0.15) is 6.10 Å². The molecule has 55 heavy (non-hydrogen) atoms. The van der Waals surface area contributed by atoms with Gasteiger partial charge in [0.2, 0.25) is 5.91 Å². The van der Waals surface area contributed by atoms with E-state index in [1.807, 2.05) is 0 Å². The molecular weight excluding hydrogens is 679 g/mol. The van der Waals surface area contributed by atoms with Crippen LogP contribution in [0.5, 0.6) is 0 Å². The van der Waals surface area contributed by atoms with Crippen LogP contribution in [0.3, 0.4) is 0 Å². The number of carbonyl (C=O) groups excluding carboxylic acids is 1. The Kier molecular flexibility index (Phi) is 45.0. The number of amides is 1. The maximum Gasteiger partial charge on any atom is 0.220 e. The molecule has 0 spiro atoms. The lowest BCUT2D eigenvalue weighted by molar-refractivity contribution is -0.124. The van der Waals surface area contributed by atoms with E-state index >= 15 is 0 Å². The van der Waals surface area contributed by atoms with Crippen LogP contribution in [0.25, 0.3) is 0 Å². The normalized spacial score (nSPS) is 13.5. The number of rotatable bonds is 46.